The molecule has 0 bridgehead atoms. The van der Waals surface area contributed by atoms with E-state index in [1.807, 2.05) is 0 Å². The van der Waals surface area contributed by atoms with Gasteiger partial charge < -0.3 is 4.79 Å². The molecule has 1 aliphatic carbocycles. The predicted octanol–water partition coefficient (Wildman–Crippen LogP) is 2.82. The van der Waals surface area contributed by atoms with Crippen LogP contribution < -0.4 is 0 Å². The van der Waals surface area contributed by atoms with E-state index in [9.17, 15) is 4.79 Å². The first kappa shape index (κ1) is 8.72. The summed E-state index contributed by atoms with van der Waals surface area (Å²) in [4.78, 5) is 10.4. The highest BCUT2D eigenvalue weighted by molar-refractivity contribution is 9.11. The van der Waals surface area contributed by atoms with E-state index < -0.39 is 0 Å². The molecule has 1 unspecified atom stereocenters. The number of rotatable bonds is 2. The molecule has 11 heavy (non-hydrogen) atoms. The molecule has 0 fully saturated rings. The standard InChI is InChI=1S/C9H11BrO/c1-7(10)9-4-2-8(6-11)3-5-9/h4,6,8H,1-3,5H2. The van der Waals surface area contributed by atoms with Crippen LogP contribution in [0.4, 0.5) is 0 Å². The molecule has 0 radical (unpaired) electrons. The Bertz CT molecular complexity index is 206. The lowest BCUT2D eigenvalue weighted by atomic mass is 9.91. The van der Waals surface area contributed by atoms with Crippen molar-refractivity contribution in [2.75, 3.05) is 0 Å². The molecule has 60 valence electrons. The Morgan fingerprint density at radius 2 is 2.55 bits per heavy atom. The maximum Gasteiger partial charge on any atom is 0.123 e. The molecule has 0 aromatic carbocycles. The Morgan fingerprint density at radius 3 is 2.91 bits per heavy atom. The number of allylic oxidation sites excluding steroid dienone is 3. The number of hydrogen-bond donors (Lipinski definition) is 0. The molecule has 0 spiro atoms. The molecule has 0 saturated carbocycles. The zero-order valence-electron chi connectivity index (χ0n) is 6.35. The minimum atomic E-state index is 0.241. The smallest absolute Gasteiger partial charge is 0.123 e. The molecule has 1 atom stereocenters. The number of carbonyl (C=O) groups excluding carboxylic acids is 1. The first-order valence-electron chi connectivity index (χ1n) is 3.73. The molecular weight excluding hydrogens is 204 g/mol. The molecule has 0 saturated heterocycles. The lowest BCUT2D eigenvalue weighted by Gasteiger charge is -2.16. The van der Waals surface area contributed by atoms with Gasteiger partial charge in [0.2, 0.25) is 0 Å². The lowest BCUT2D eigenvalue weighted by Crippen LogP contribution is -2.06. The van der Waals surface area contributed by atoms with Gasteiger partial charge in [-0.15, -0.1) is 0 Å². The van der Waals surface area contributed by atoms with E-state index in [-0.39, 0.29) is 5.92 Å². The van der Waals surface area contributed by atoms with Gasteiger partial charge in [0.1, 0.15) is 6.29 Å². The summed E-state index contributed by atoms with van der Waals surface area (Å²) in [6.45, 7) is 3.79. The van der Waals surface area contributed by atoms with Gasteiger partial charge in [0.05, 0.1) is 0 Å². The molecule has 1 rings (SSSR count). The second kappa shape index (κ2) is 3.86. The fourth-order valence-corrected chi connectivity index (χ4v) is 1.58. The normalized spacial score (nSPS) is 24.1. The van der Waals surface area contributed by atoms with Gasteiger partial charge in [0.25, 0.3) is 0 Å². The van der Waals surface area contributed by atoms with Gasteiger partial charge in [-0.3, -0.25) is 0 Å². The largest absolute Gasteiger partial charge is 0.303 e. The summed E-state index contributed by atoms with van der Waals surface area (Å²) in [6, 6.07) is 0. The highest BCUT2D eigenvalue weighted by atomic mass is 79.9. The van der Waals surface area contributed by atoms with Crippen LogP contribution in [0.2, 0.25) is 0 Å². The quantitative estimate of drug-likeness (QED) is 0.647. The average molecular weight is 215 g/mol. The maximum atomic E-state index is 10.4. The van der Waals surface area contributed by atoms with Crippen molar-refractivity contribution in [2.45, 2.75) is 19.3 Å². The molecule has 0 N–H and O–H groups in total. The molecule has 2 heteroatoms. The summed E-state index contributed by atoms with van der Waals surface area (Å²) >= 11 is 3.33. The van der Waals surface area contributed by atoms with Crippen LogP contribution in [0.15, 0.2) is 22.7 Å². The van der Waals surface area contributed by atoms with Crippen molar-refractivity contribution in [2.24, 2.45) is 5.92 Å². The summed E-state index contributed by atoms with van der Waals surface area (Å²) in [6.07, 6.45) is 5.97. The second-order valence-corrected chi connectivity index (χ2v) is 3.76. The van der Waals surface area contributed by atoms with Gasteiger partial charge in [-0.2, -0.15) is 0 Å². The summed E-state index contributed by atoms with van der Waals surface area (Å²) in [7, 11) is 0. The van der Waals surface area contributed by atoms with Crippen LogP contribution in [0.5, 0.6) is 0 Å². The van der Waals surface area contributed by atoms with Gasteiger partial charge in [-0.1, -0.05) is 28.6 Å². The van der Waals surface area contributed by atoms with Crippen LogP contribution in [0, 0.1) is 5.92 Å². The number of aldehydes is 1. The zero-order valence-corrected chi connectivity index (χ0v) is 7.93. The molecule has 0 aromatic rings. The van der Waals surface area contributed by atoms with Gasteiger partial charge in [-0.25, -0.2) is 0 Å². The minimum absolute atomic E-state index is 0.241. The Labute approximate surface area is 75.3 Å². The highest BCUT2D eigenvalue weighted by Crippen LogP contribution is 2.28. The topological polar surface area (TPSA) is 17.1 Å². The Hall–Kier alpha value is -0.370. The molecule has 0 heterocycles. The van der Waals surface area contributed by atoms with Crippen LogP contribution in [0.3, 0.4) is 0 Å². The van der Waals surface area contributed by atoms with Gasteiger partial charge in [0.15, 0.2) is 0 Å². The van der Waals surface area contributed by atoms with Crippen molar-refractivity contribution in [3.8, 4) is 0 Å². The van der Waals surface area contributed by atoms with Crippen LogP contribution in [-0.2, 0) is 4.79 Å². The maximum absolute atomic E-state index is 10.4. The fourth-order valence-electron chi connectivity index (χ4n) is 1.22. The van der Waals surface area contributed by atoms with Crippen LogP contribution in [0.25, 0.3) is 0 Å². The molecule has 1 nitrogen and oxygen atoms in total. The first-order chi connectivity index (χ1) is 5.24. The highest BCUT2D eigenvalue weighted by Gasteiger charge is 2.13. The lowest BCUT2D eigenvalue weighted by molar-refractivity contribution is -0.111. The Morgan fingerprint density at radius 1 is 1.82 bits per heavy atom. The van der Waals surface area contributed by atoms with Gasteiger partial charge >= 0.3 is 0 Å². The third-order valence-electron chi connectivity index (χ3n) is 1.99. The van der Waals surface area contributed by atoms with Crippen molar-refractivity contribution in [1.29, 1.82) is 0 Å². The molecule has 0 aliphatic heterocycles. The van der Waals surface area contributed by atoms with Gasteiger partial charge in [0, 0.05) is 10.4 Å². The number of carbonyl (C=O) groups is 1. The SMILES string of the molecule is C=C(Br)C1=CCC(C=O)CC1. The number of halogens is 1. The van der Waals surface area contributed by atoms with Crippen LogP contribution >= 0.6 is 15.9 Å². The van der Waals surface area contributed by atoms with E-state index in [0.717, 1.165) is 30.0 Å². The van der Waals surface area contributed by atoms with Crippen molar-refractivity contribution in [3.05, 3.63) is 22.7 Å². The zero-order chi connectivity index (χ0) is 8.27. The van der Waals surface area contributed by atoms with Crippen molar-refractivity contribution in [1.82, 2.24) is 0 Å². The second-order valence-electron chi connectivity index (χ2n) is 2.80. The van der Waals surface area contributed by atoms with E-state index in [1.165, 1.54) is 5.57 Å². The monoisotopic (exact) mass is 214 g/mol. The Kier molecular flexibility index (Phi) is 3.06. The van der Waals surface area contributed by atoms with Crippen molar-refractivity contribution in [3.63, 3.8) is 0 Å². The molecular formula is C9H11BrO. The van der Waals surface area contributed by atoms with Crippen LogP contribution in [0.1, 0.15) is 19.3 Å². The van der Waals surface area contributed by atoms with E-state index in [1.54, 1.807) is 0 Å². The third kappa shape index (κ3) is 2.29. The van der Waals surface area contributed by atoms with Crippen molar-refractivity contribution < 1.29 is 4.79 Å². The average Bonchev–Trinajstić information content (AvgIpc) is 2.05. The Balaban J connectivity index is 2.57. The first-order valence-corrected chi connectivity index (χ1v) is 4.52. The minimum Gasteiger partial charge on any atom is -0.303 e. The number of hydrogen-bond acceptors (Lipinski definition) is 1. The molecule has 1 aliphatic rings. The molecule has 0 amide bonds. The third-order valence-corrected chi connectivity index (χ3v) is 2.50. The summed E-state index contributed by atoms with van der Waals surface area (Å²) in [5.74, 6) is 0.241. The van der Waals surface area contributed by atoms with E-state index in [2.05, 4.69) is 28.6 Å². The summed E-state index contributed by atoms with van der Waals surface area (Å²) in [5.41, 5.74) is 1.25. The van der Waals surface area contributed by atoms with Gasteiger partial charge in [-0.05, 0) is 24.8 Å². The van der Waals surface area contributed by atoms with Crippen molar-refractivity contribution >= 4 is 22.2 Å². The van der Waals surface area contributed by atoms with E-state index in [0.29, 0.717) is 0 Å². The van der Waals surface area contributed by atoms with E-state index >= 15 is 0 Å². The summed E-state index contributed by atoms with van der Waals surface area (Å²) < 4.78 is 0.960. The molecule has 0 aromatic heterocycles. The van der Waals surface area contributed by atoms with E-state index in [4.69, 9.17) is 0 Å². The van der Waals surface area contributed by atoms with Crippen LogP contribution in [-0.4, -0.2) is 6.29 Å². The predicted molar refractivity (Wildman–Crippen MR) is 49.6 cm³/mol. The summed E-state index contributed by atoms with van der Waals surface area (Å²) in [5, 5.41) is 0. The fraction of sp³-hybridized carbons (Fsp3) is 0.444.